The number of hydrogen-bond donors (Lipinski definition) is 3. The fourth-order valence-corrected chi connectivity index (χ4v) is 2.68. The van der Waals surface area contributed by atoms with Crippen LogP contribution in [0.15, 0.2) is 11.4 Å². The third-order valence-electron chi connectivity index (χ3n) is 2.86. The quantitative estimate of drug-likeness (QED) is 0.318. The van der Waals surface area contributed by atoms with Crippen LogP contribution in [0.1, 0.15) is 29.1 Å². The van der Waals surface area contributed by atoms with Gasteiger partial charge in [0.15, 0.2) is 0 Å². The van der Waals surface area contributed by atoms with Crippen molar-refractivity contribution in [1.82, 2.24) is 15.6 Å². The third kappa shape index (κ3) is 2.32. The van der Waals surface area contributed by atoms with Crippen LogP contribution in [0.3, 0.4) is 0 Å². The molecule has 4 N–H and O–H groups in total. The van der Waals surface area contributed by atoms with Crippen molar-refractivity contribution in [3.63, 3.8) is 0 Å². The van der Waals surface area contributed by atoms with Gasteiger partial charge in [-0.2, -0.15) is 0 Å². The lowest BCUT2D eigenvalue weighted by atomic mass is 10.1. The number of thiophene rings is 1. The Labute approximate surface area is 113 Å². The van der Waals surface area contributed by atoms with Crippen molar-refractivity contribution < 1.29 is 14.4 Å². The Morgan fingerprint density at radius 1 is 1.53 bits per heavy atom. The molecule has 102 valence electrons. The van der Waals surface area contributed by atoms with Gasteiger partial charge in [-0.25, -0.2) is 10.6 Å². The van der Waals surface area contributed by atoms with Crippen molar-refractivity contribution in [1.29, 1.82) is 0 Å². The summed E-state index contributed by atoms with van der Waals surface area (Å²) in [5, 5.41) is 4.30. The molecule has 1 fully saturated rings. The van der Waals surface area contributed by atoms with Crippen LogP contribution in [0.5, 0.6) is 0 Å². The molecule has 0 aromatic carbocycles. The molecule has 1 aliphatic heterocycles. The topological polar surface area (TPSA) is 105 Å². The molecular weight excluding hydrogens is 268 g/mol. The van der Waals surface area contributed by atoms with E-state index in [0.29, 0.717) is 10.4 Å². The number of imide groups is 1. The highest BCUT2D eigenvalue weighted by molar-refractivity contribution is 7.12. The average molecular weight is 282 g/mol. The molecule has 8 heteroatoms. The van der Waals surface area contributed by atoms with Crippen LogP contribution >= 0.6 is 11.3 Å². The zero-order valence-electron chi connectivity index (χ0n) is 10.5. The fourth-order valence-electron chi connectivity index (χ4n) is 1.86. The second-order valence-corrected chi connectivity index (χ2v) is 5.61. The maximum Gasteiger partial charge on any atom is 0.325 e. The van der Waals surface area contributed by atoms with Gasteiger partial charge < -0.3 is 5.32 Å². The fraction of sp³-hybridized carbons (Fsp3) is 0.364. The van der Waals surface area contributed by atoms with Gasteiger partial charge in [0.2, 0.25) is 0 Å². The summed E-state index contributed by atoms with van der Waals surface area (Å²) in [6.07, 6.45) is 0. The Hall–Kier alpha value is -1.93. The molecule has 0 unspecified atom stereocenters. The predicted molar refractivity (Wildman–Crippen MR) is 69.1 cm³/mol. The van der Waals surface area contributed by atoms with E-state index in [9.17, 15) is 14.4 Å². The predicted octanol–water partition coefficient (Wildman–Crippen LogP) is 0.182. The number of nitrogens with one attached hydrogen (secondary N) is 2. The van der Waals surface area contributed by atoms with Crippen molar-refractivity contribution in [3.05, 3.63) is 21.9 Å². The van der Waals surface area contributed by atoms with Gasteiger partial charge in [-0.3, -0.25) is 19.9 Å². The number of amides is 4. The maximum absolute atomic E-state index is 12.0. The lowest BCUT2D eigenvalue weighted by molar-refractivity contribution is -0.130. The van der Waals surface area contributed by atoms with E-state index in [2.05, 4.69) is 5.32 Å². The number of nitrogens with zero attached hydrogens (tertiary/aromatic N) is 1. The molecule has 4 amide bonds. The number of nitrogens with two attached hydrogens (primary N) is 1. The van der Waals surface area contributed by atoms with Crippen molar-refractivity contribution in [2.24, 2.45) is 5.84 Å². The van der Waals surface area contributed by atoms with Crippen LogP contribution in [-0.2, 0) is 11.3 Å². The van der Waals surface area contributed by atoms with E-state index in [1.54, 1.807) is 25.3 Å². The van der Waals surface area contributed by atoms with Gasteiger partial charge in [0.05, 0.1) is 11.4 Å². The molecule has 2 rings (SSSR count). The Bertz CT molecular complexity index is 552. The normalized spacial score (nSPS) is 17.5. The summed E-state index contributed by atoms with van der Waals surface area (Å²) in [5.41, 5.74) is 1.72. The lowest BCUT2D eigenvalue weighted by Crippen LogP contribution is -2.40. The van der Waals surface area contributed by atoms with E-state index in [0.717, 1.165) is 4.90 Å². The minimum absolute atomic E-state index is 0.0559. The highest BCUT2D eigenvalue weighted by Crippen LogP contribution is 2.23. The minimum atomic E-state index is -0.913. The van der Waals surface area contributed by atoms with Gasteiger partial charge >= 0.3 is 6.03 Å². The van der Waals surface area contributed by atoms with E-state index in [1.807, 2.05) is 5.43 Å². The molecule has 19 heavy (non-hydrogen) atoms. The molecular formula is C11H14N4O3S. The van der Waals surface area contributed by atoms with E-state index in [-0.39, 0.29) is 12.5 Å². The van der Waals surface area contributed by atoms with E-state index < -0.39 is 17.5 Å². The summed E-state index contributed by atoms with van der Waals surface area (Å²) in [6, 6.07) is 1.24. The summed E-state index contributed by atoms with van der Waals surface area (Å²) in [4.78, 5) is 36.8. The summed E-state index contributed by atoms with van der Waals surface area (Å²) in [5.74, 6) is 4.33. The molecule has 0 aliphatic carbocycles. The lowest BCUT2D eigenvalue weighted by Gasteiger charge is -2.16. The number of nitrogen functional groups attached to an aromatic ring is 1. The number of carbonyl (C=O) groups excluding carboxylic acids is 3. The summed E-state index contributed by atoms with van der Waals surface area (Å²) in [7, 11) is 0. The second-order valence-electron chi connectivity index (χ2n) is 4.69. The summed E-state index contributed by atoms with van der Waals surface area (Å²) in [6.45, 7) is 3.32. The van der Waals surface area contributed by atoms with Gasteiger partial charge in [0, 0.05) is 0 Å². The molecule has 0 atom stereocenters. The van der Waals surface area contributed by atoms with E-state index >= 15 is 0 Å². The second kappa shape index (κ2) is 4.63. The zero-order chi connectivity index (χ0) is 14.2. The zero-order valence-corrected chi connectivity index (χ0v) is 11.3. The maximum atomic E-state index is 12.0. The van der Waals surface area contributed by atoms with Gasteiger partial charge in [-0.05, 0) is 30.9 Å². The van der Waals surface area contributed by atoms with Crippen LogP contribution in [0.25, 0.3) is 0 Å². The number of urea groups is 1. The van der Waals surface area contributed by atoms with Crippen LogP contribution in [0, 0.1) is 0 Å². The number of rotatable bonds is 3. The van der Waals surface area contributed by atoms with Crippen molar-refractivity contribution >= 4 is 29.2 Å². The van der Waals surface area contributed by atoms with Crippen molar-refractivity contribution in [3.8, 4) is 0 Å². The molecule has 7 nitrogen and oxygen atoms in total. The summed E-state index contributed by atoms with van der Waals surface area (Å²) < 4.78 is 0. The average Bonchev–Trinajstić information content (AvgIpc) is 2.87. The van der Waals surface area contributed by atoms with Crippen LogP contribution in [0.4, 0.5) is 4.79 Å². The highest BCUT2D eigenvalue weighted by atomic mass is 32.1. The molecule has 2 heterocycles. The molecule has 1 aromatic rings. The van der Waals surface area contributed by atoms with Gasteiger partial charge in [0.25, 0.3) is 11.8 Å². The van der Waals surface area contributed by atoms with Crippen molar-refractivity contribution in [2.45, 2.75) is 25.9 Å². The first-order valence-corrected chi connectivity index (χ1v) is 6.46. The first kappa shape index (κ1) is 13.5. The standard InChI is InChI=1S/C11H14N4O3S/c1-11(2)9(17)15(10(18)13-11)5-6-3-4-19-7(6)8(16)14-12/h3-4H,5,12H2,1-2H3,(H,13,18)(H,14,16). The van der Waals surface area contributed by atoms with Gasteiger partial charge in [-0.15, -0.1) is 11.3 Å². The Morgan fingerprint density at radius 3 is 2.74 bits per heavy atom. The molecule has 1 aliphatic rings. The van der Waals surface area contributed by atoms with Gasteiger partial charge in [-0.1, -0.05) is 0 Å². The number of carbonyl (C=O) groups is 3. The number of hydrogen-bond acceptors (Lipinski definition) is 5. The smallest absolute Gasteiger partial charge is 0.324 e. The van der Waals surface area contributed by atoms with Crippen molar-refractivity contribution in [2.75, 3.05) is 0 Å². The molecule has 1 aromatic heterocycles. The number of hydrazine groups is 1. The Morgan fingerprint density at radius 2 is 2.21 bits per heavy atom. The first-order chi connectivity index (χ1) is 8.86. The van der Waals surface area contributed by atoms with E-state index in [4.69, 9.17) is 5.84 Å². The highest BCUT2D eigenvalue weighted by Gasteiger charge is 2.44. The Balaban J connectivity index is 2.23. The first-order valence-electron chi connectivity index (χ1n) is 5.58. The van der Waals surface area contributed by atoms with Crippen LogP contribution < -0.4 is 16.6 Å². The van der Waals surface area contributed by atoms with E-state index in [1.165, 1.54) is 11.3 Å². The minimum Gasteiger partial charge on any atom is -0.324 e. The Kier molecular flexibility index (Phi) is 3.29. The SMILES string of the molecule is CC1(C)NC(=O)N(Cc2ccsc2C(=O)NN)C1=O. The van der Waals surface area contributed by atoms with Crippen LogP contribution in [0.2, 0.25) is 0 Å². The third-order valence-corrected chi connectivity index (χ3v) is 3.81. The molecule has 0 saturated carbocycles. The molecule has 0 bridgehead atoms. The van der Waals surface area contributed by atoms with Gasteiger partial charge in [0.1, 0.15) is 5.54 Å². The van der Waals surface area contributed by atoms with Crippen LogP contribution in [-0.4, -0.2) is 28.3 Å². The summed E-state index contributed by atoms with van der Waals surface area (Å²) >= 11 is 1.21. The monoisotopic (exact) mass is 282 g/mol. The molecule has 0 radical (unpaired) electrons. The molecule has 0 spiro atoms. The largest absolute Gasteiger partial charge is 0.325 e. The molecule has 1 saturated heterocycles.